The summed E-state index contributed by atoms with van der Waals surface area (Å²) in [6.07, 6.45) is 3.00. The number of ether oxygens (including phenoxy) is 1. The zero-order valence-corrected chi connectivity index (χ0v) is 13.1. The quantitative estimate of drug-likeness (QED) is 0.448. The topological polar surface area (TPSA) is 89.5 Å². The van der Waals surface area contributed by atoms with Gasteiger partial charge in [-0.2, -0.15) is 0 Å². The first-order valence-corrected chi connectivity index (χ1v) is 7.51. The summed E-state index contributed by atoms with van der Waals surface area (Å²) in [7, 11) is 0. The molecule has 1 aliphatic heterocycles. The van der Waals surface area contributed by atoms with Crippen LogP contribution in [0.1, 0.15) is 32.0 Å². The lowest BCUT2D eigenvalue weighted by Crippen LogP contribution is -2.30. The third-order valence-electron chi connectivity index (χ3n) is 3.65. The van der Waals surface area contributed by atoms with Crippen LogP contribution in [0, 0.1) is 0 Å². The second-order valence-electron chi connectivity index (χ2n) is 5.08. The van der Waals surface area contributed by atoms with E-state index in [-0.39, 0.29) is 31.3 Å². The molecule has 1 aromatic heterocycles. The molecule has 3 rings (SSSR count). The number of fused-ring (bicyclic) bond motifs is 1. The lowest BCUT2D eigenvalue weighted by Gasteiger charge is -2.16. The van der Waals surface area contributed by atoms with Crippen LogP contribution < -0.4 is 0 Å². The molecular formula is C16H12ClN3O4. The van der Waals surface area contributed by atoms with Gasteiger partial charge in [0.05, 0.1) is 23.4 Å². The van der Waals surface area contributed by atoms with Crippen molar-refractivity contribution in [2.24, 2.45) is 0 Å². The van der Waals surface area contributed by atoms with Crippen molar-refractivity contribution in [1.82, 2.24) is 14.9 Å². The third kappa shape index (κ3) is 2.98. The van der Waals surface area contributed by atoms with E-state index in [0.717, 1.165) is 4.90 Å². The summed E-state index contributed by atoms with van der Waals surface area (Å²) in [5, 5.41) is 0. The van der Waals surface area contributed by atoms with Crippen LogP contribution in [0.5, 0.6) is 0 Å². The van der Waals surface area contributed by atoms with E-state index in [2.05, 4.69) is 14.7 Å². The van der Waals surface area contributed by atoms with Crippen LogP contribution in [-0.2, 0) is 22.5 Å². The summed E-state index contributed by atoms with van der Waals surface area (Å²) in [5.74, 6) is -0.738. The predicted molar refractivity (Wildman–Crippen MR) is 83.2 cm³/mol. The van der Waals surface area contributed by atoms with Crippen LogP contribution in [0.3, 0.4) is 0 Å². The fourth-order valence-corrected chi connectivity index (χ4v) is 2.72. The summed E-state index contributed by atoms with van der Waals surface area (Å²) >= 11 is 5.88. The van der Waals surface area contributed by atoms with Gasteiger partial charge in [0.15, 0.2) is 5.56 Å². The summed E-state index contributed by atoms with van der Waals surface area (Å²) in [6, 6.07) is 6.64. The van der Waals surface area contributed by atoms with Crippen LogP contribution in [0.4, 0.5) is 0 Å². The van der Waals surface area contributed by atoms with Crippen molar-refractivity contribution in [2.75, 3.05) is 0 Å². The number of imide groups is 1. The van der Waals surface area contributed by atoms with Gasteiger partial charge in [0, 0.05) is 12.6 Å². The SMILES string of the molecule is O=COC(Cl)Cc1cncnc1CN1C(=O)c2ccccc2C1=O. The summed E-state index contributed by atoms with van der Waals surface area (Å²) in [5.41, 5.74) is 0.931. The fraction of sp³-hybridized carbons (Fsp3) is 0.188. The smallest absolute Gasteiger partial charge is 0.294 e. The van der Waals surface area contributed by atoms with E-state index in [4.69, 9.17) is 11.6 Å². The van der Waals surface area contributed by atoms with E-state index in [1.165, 1.54) is 12.5 Å². The van der Waals surface area contributed by atoms with Crippen LogP contribution in [0.15, 0.2) is 36.8 Å². The van der Waals surface area contributed by atoms with Crippen molar-refractivity contribution in [2.45, 2.75) is 18.5 Å². The maximum absolute atomic E-state index is 12.4. The number of halogens is 1. The summed E-state index contributed by atoms with van der Waals surface area (Å²) in [6.45, 7) is 0.250. The lowest BCUT2D eigenvalue weighted by atomic mass is 10.1. The third-order valence-corrected chi connectivity index (χ3v) is 3.91. The van der Waals surface area contributed by atoms with Crippen molar-refractivity contribution < 1.29 is 19.1 Å². The molecule has 0 radical (unpaired) electrons. The molecule has 0 spiro atoms. The Kier molecular flexibility index (Phi) is 4.52. The molecule has 122 valence electrons. The highest BCUT2D eigenvalue weighted by molar-refractivity contribution is 6.21. The Bertz CT molecular complexity index is 776. The highest BCUT2D eigenvalue weighted by atomic mass is 35.5. The zero-order valence-electron chi connectivity index (χ0n) is 12.4. The first kappa shape index (κ1) is 16.1. The second-order valence-corrected chi connectivity index (χ2v) is 5.57. The Morgan fingerprint density at radius 2 is 1.88 bits per heavy atom. The molecule has 1 unspecified atom stereocenters. The molecule has 0 saturated heterocycles. The van der Waals surface area contributed by atoms with E-state index in [9.17, 15) is 14.4 Å². The second kappa shape index (κ2) is 6.76. The molecule has 0 aliphatic carbocycles. The van der Waals surface area contributed by atoms with Gasteiger partial charge < -0.3 is 4.74 Å². The Labute approximate surface area is 142 Å². The van der Waals surface area contributed by atoms with Crippen molar-refractivity contribution in [1.29, 1.82) is 0 Å². The first-order valence-electron chi connectivity index (χ1n) is 7.08. The molecule has 2 heterocycles. The van der Waals surface area contributed by atoms with Crippen molar-refractivity contribution >= 4 is 29.9 Å². The van der Waals surface area contributed by atoms with Crippen molar-refractivity contribution in [3.05, 3.63) is 59.2 Å². The molecule has 1 atom stereocenters. The monoisotopic (exact) mass is 345 g/mol. The molecule has 24 heavy (non-hydrogen) atoms. The van der Waals surface area contributed by atoms with Gasteiger partial charge in [0.25, 0.3) is 18.3 Å². The van der Waals surface area contributed by atoms with Crippen LogP contribution in [0.2, 0.25) is 0 Å². The number of hydrogen-bond acceptors (Lipinski definition) is 6. The maximum atomic E-state index is 12.4. The van der Waals surface area contributed by atoms with E-state index >= 15 is 0 Å². The van der Waals surface area contributed by atoms with Gasteiger partial charge in [0.2, 0.25) is 0 Å². The average Bonchev–Trinajstić information content (AvgIpc) is 2.82. The van der Waals surface area contributed by atoms with Crippen LogP contribution in [-0.4, -0.2) is 38.7 Å². The highest BCUT2D eigenvalue weighted by Crippen LogP contribution is 2.24. The van der Waals surface area contributed by atoms with Gasteiger partial charge in [0.1, 0.15) is 6.33 Å². The van der Waals surface area contributed by atoms with E-state index in [1.807, 2.05) is 0 Å². The first-order chi connectivity index (χ1) is 11.6. The number of amides is 2. The van der Waals surface area contributed by atoms with Crippen molar-refractivity contribution in [3.63, 3.8) is 0 Å². The summed E-state index contributed by atoms with van der Waals surface area (Å²) in [4.78, 5) is 44.3. The van der Waals surface area contributed by atoms with E-state index in [1.54, 1.807) is 24.3 Å². The minimum atomic E-state index is -0.880. The number of alkyl halides is 1. The van der Waals surface area contributed by atoms with Crippen molar-refractivity contribution in [3.8, 4) is 0 Å². The van der Waals surface area contributed by atoms with E-state index < -0.39 is 5.56 Å². The average molecular weight is 346 g/mol. The van der Waals surface area contributed by atoms with Gasteiger partial charge in [-0.05, 0) is 17.7 Å². The van der Waals surface area contributed by atoms with E-state index in [0.29, 0.717) is 22.4 Å². The molecule has 7 nitrogen and oxygen atoms in total. The minimum absolute atomic E-state index is 0.00506. The van der Waals surface area contributed by atoms with Gasteiger partial charge in [-0.15, -0.1) is 0 Å². The Morgan fingerprint density at radius 3 is 2.50 bits per heavy atom. The zero-order chi connectivity index (χ0) is 17.1. The number of nitrogens with zero attached hydrogens (tertiary/aromatic N) is 3. The maximum Gasteiger partial charge on any atom is 0.294 e. The molecule has 2 aromatic rings. The van der Waals surface area contributed by atoms with Gasteiger partial charge in [-0.1, -0.05) is 23.7 Å². The molecule has 0 N–H and O–H groups in total. The summed E-state index contributed by atoms with van der Waals surface area (Å²) < 4.78 is 4.65. The number of carbonyl (C=O) groups is 3. The molecular weight excluding hydrogens is 334 g/mol. The Balaban J connectivity index is 1.84. The minimum Gasteiger partial charge on any atom is -0.448 e. The number of benzene rings is 1. The normalized spacial score (nSPS) is 14.5. The largest absolute Gasteiger partial charge is 0.448 e. The number of rotatable bonds is 6. The standard InChI is InChI=1S/C16H12ClN3O4/c17-14(24-9-21)5-10-6-18-8-19-13(10)7-20-15(22)11-3-1-2-4-12(11)16(20)23/h1-4,6,8-9,14H,5,7H2. The van der Waals surface area contributed by atoms with Crippen LogP contribution in [0.25, 0.3) is 0 Å². The Morgan fingerprint density at radius 1 is 1.21 bits per heavy atom. The molecule has 2 amide bonds. The highest BCUT2D eigenvalue weighted by Gasteiger charge is 2.35. The van der Waals surface area contributed by atoms with Gasteiger partial charge >= 0.3 is 0 Å². The molecule has 8 heteroatoms. The molecule has 1 aliphatic rings. The molecule has 0 fully saturated rings. The fourth-order valence-electron chi connectivity index (χ4n) is 2.51. The number of hydrogen-bond donors (Lipinski definition) is 0. The van der Waals surface area contributed by atoms with Gasteiger partial charge in [-0.3, -0.25) is 19.3 Å². The van der Waals surface area contributed by atoms with Crippen LogP contribution >= 0.6 is 11.6 Å². The van der Waals surface area contributed by atoms with Gasteiger partial charge in [-0.25, -0.2) is 9.97 Å². The lowest BCUT2D eigenvalue weighted by molar-refractivity contribution is -0.130. The molecule has 1 aromatic carbocycles. The predicted octanol–water partition coefficient (Wildman–Crippen LogP) is 1.55. The molecule has 0 bridgehead atoms. The Hall–Kier alpha value is -2.80. The number of aromatic nitrogens is 2. The number of carbonyl (C=O) groups excluding carboxylic acids is 3. The molecule has 0 saturated carbocycles.